The van der Waals surface area contributed by atoms with Gasteiger partial charge in [-0.1, -0.05) is 25.1 Å². The molecule has 8 heteroatoms. The van der Waals surface area contributed by atoms with Gasteiger partial charge < -0.3 is 10.3 Å². The summed E-state index contributed by atoms with van der Waals surface area (Å²) in [6.45, 7) is 4.11. The van der Waals surface area contributed by atoms with Gasteiger partial charge in [0.25, 0.3) is 0 Å². The maximum absolute atomic E-state index is 14.0. The monoisotopic (exact) mass is 401 g/mol. The fourth-order valence-electron chi connectivity index (χ4n) is 3.79. The Labute approximate surface area is 172 Å². The largest absolute Gasteiger partial charge is 0.360 e. The van der Waals surface area contributed by atoms with Crippen molar-refractivity contribution in [1.29, 1.82) is 0 Å². The van der Waals surface area contributed by atoms with Crippen molar-refractivity contribution >= 4 is 22.6 Å². The number of hydrogen-bond acceptors (Lipinski definition) is 5. The van der Waals surface area contributed by atoms with E-state index in [1.807, 2.05) is 29.7 Å². The Hall–Kier alpha value is -3.81. The molecule has 0 spiro atoms. The molecule has 0 amide bonds. The van der Waals surface area contributed by atoms with Crippen LogP contribution in [0.3, 0.4) is 0 Å². The van der Waals surface area contributed by atoms with Gasteiger partial charge in [-0.05, 0) is 37.1 Å². The molecule has 1 atom stereocenters. The number of aromatic amines is 1. The number of imidazole rings is 2. The molecule has 0 aliphatic rings. The minimum atomic E-state index is -0.283. The van der Waals surface area contributed by atoms with E-state index < -0.39 is 0 Å². The topological polar surface area (TPSA) is 83.8 Å². The van der Waals surface area contributed by atoms with Gasteiger partial charge in [-0.25, -0.2) is 24.3 Å². The van der Waals surface area contributed by atoms with E-state index in [1.165, 1.54) is 18.5 Å². The highest BCUT2D eigenvalue weighted by Crippen LogP contribution is 2.33. The van der Waals surface area contributed by atoms with E-state index in [9.17, 15) is 4.39 Å². The molecule has 0 fully saturated rings. The number of aryl methyl sites for hydroxylation is 1. The second kappa shape index (κ2) is 7.22. The second-order valence-corrected chi connectivity index (χ2v) is 7.12. The number of rotatable bonds is 5. The van der Waals surface area contributed by atoms with Crippen molar-refractivity contribution in [3.8, 4) is 11.3 Å². The molecule has 0 aliphatic carbocycles. The summed E-state index contributed by atoms with van der Waals surface area (Å²) in [5, 5.41) is 3.41. The Morgan fingerprint density at radius 3 is 2.90 bits per heavy atom. The average Bonchev–Trinajstić information content (AvgIpc) is 3.39. The van der Waals surface area contributed by atoms with Crippen molar-refractivity contribution < 1.29 is 4.39 Å². The highest BCUT2D eigenvalue weighted by atomic mass is 19.1. The lowest BCUT2D eigenvalue weighted by molar-refractivity contribution is 0.628. The molecule has 0 saturated carbocycles. The van der Waals surface area contributed by atoms with Crippen LogP contribution in [0.15, 0.2) is 55.2 Å². The molecular weight excluding hydrogens is 381 g/mol. The summed E-state index contributed by atoms with van der Waals surface area (Å²) in [6.07, 6.45) is 5.90. The van der Waals surface area contributed by atoms with Crippen molar-refractivity contribution in [2.45, 2.75) is 26.3 Å². The molecule has 30 heavy (non-hydrogen) atoms. The first-order valence-corrected chi connectivity index (χ1v) is 9.82. The van der Waals surface area contributed by atoms with Crippen LogP contribution in [0, 0.1) is 5.82 Å². The Balaban J connectivity index is 1.67. The molecular formula is C22H20FN7. The number of pyridine rings is 1. The van der Waals surface area contributed by atoms with Gasteiger partial charge in [-0.3, -0.25) is 4.40 Å². The fourth-order valence-corrected chi connectivity index (χ4v) is 3.79. The number of benzene rings is 1. The third-order valence-electron chi connectivity index (χ3n) is 5.22. The number of nitrogens with one attached hydrogen (secondary N) is 2. The lowest BCUT2D eigenvalue weighted by Crippen LogP contribution is -2.10. The predicted octanol–water partition coefficient (Wildman–Crippen LogP) is 4.54. The third kappa shape index (κ3) is 2.97. The Morgan fingerprint density at radius 2 is 2.07 bits per heavy atom. The number of H-pyrrole nitrogens is 1. The summed E-state index contributed by atoms with van der Waals surface area (Å²) in [5.74, 6) is 0.335. The van der Waals surface area contributed by atoms with Crippen LogP contribution in [0.2, 0.25) is 0 Å². The van der Waals surface area contributed by atoms with E-state index in [0.29, 0.717) is 17.0 Å². The maximum atomic E-state index is 14.0. The molecule has 0 aliphatic heterocycles. The number of aromatic nitrogens is 6. The van der Waals surface area contributed by atoms with Crippen LogP contribution in [-0.4, -0.2) is 29.3 Å². The smallest absolute Gasteiger partial charge is 0.162 e. The van der Waals surface area contributed by atoms with Crippen molar-refractivity contribution in [1.82, 2.24) is 29.3 Å². The van der Waals surface area contributed by atoms with E-state index in [4.69, 9.17) is 4.98 Å². The lowest BCUT2D eigenvalue weighted by atomic mass is 10.1. The van der Waals surface area contributed by atoms with E-state index in [1.54, 1.807) is 12.4 Å². The predicted molar refractivity (Wildman–Crippen MR) is 114 cm³/mol. The average molecular weight is 401 g/mol. The first-order chi connectivity index (χ1) is 14.7. The van der Waals surface area contributed by atoms with E-state index in [-0.39, 0.29) is 11.9 Å². The number of anilines is 1. The van der Waals surface area contributed by atoms with Crippen molar-refractivity contribution in [2.24, 2.45) is 0 Å². The number of fused-ring (bicyclic) bond motifs is 2. The summed E-state index contributed by atoms with van der Waals surface area (Å²) in [7, 11) is 0. The molecule has 5 rings (SSSR count). The standard InChI is InChI=1S/C22H20FN7/c1-3-14-7-5-9-30-19(15-6-4-8-16(23)10-15)17(29-22(14)30)13(2)28-21-18-20(25-11-24-18)26-12-27-21/h4-13H,3H2,1-2H3,(H2,24,25,26,27,28). The third-order valence-corrected chi connectivity index (χ3v) is 5.22. The van der Waals surface area contributed by atoms with Crippen LogP contribution < -0.4 is 5.32 Å². The molecule has 7 nitrogen and oxygen atoms in total. The minimum Gasteiger partial charge on any atom is -0.360 e. The van der Waals surface area contributed by atoms with Crippen LogP contribution in [0.5, 0.6) is 0 Å². The van der Waals surface area contributed by atoms with Gasteiger partial charge in [0, 0.05) is 11.8 Å². The zero-order chi connectivity index (χ0) is 20.7. The Kier molecular flexibility index (Phi) is 4.39. The SMILES string of the molecule is CCc1cccn2c(-c3cccc(F)c3)c(C(C)Nc3ncnc4[nH]cnc34)nc12. The number of hydrogen-bond donors (Lipinski definition) is 2. The molecule has 2 N–H and O–H groups in total. The first kappa shape index (κ1) is 18.2. The van der Waals surface area contributed by atoms with Gasteiger partial charge >= 0.3 is 0 Å². The molecule has 5 aromatic rings. The van der Waals surface area contributed by atoms with Crippen molar-refractivity contribution in [2.75, 3.05) is 5.32 Å². The lowest BCUT2D eigenvalue weighted by Gasteiger charge is -2.15. The molecule has 4 aromatic heterocycles. The van der Waals surface area contributed by atoms with Gasteiger partial charge in [0.15, 0.2) is 11.5 Å². The normalized spacial score (nSPS) is 12.5. The number of halogens is 1. The molecule has 0 saturated heterocycles. The zero-order valence-electron chi connectivity index (χ0n) is 16.6. The van der Waals surface area contributed by atoms with Crippen LogP contribution in [-0.2, 0) is 6.42 Å². The van der Waals surface area contributed by atoms with Crippen LogP contribution in [0.4, 0.5) is 10.2 Å². The van der Waals surface area contributed by atoms with Crippen LogP contribution in [0.25, 0.3) is 28.1 Å². The summed E-state index contributed by atoms with van der Waals surface area (Å²) in [4.78, 5) is 20.8. The Bertz CT molecular complexity index is 1350. The Morgan fingerprint density at radius 1 is 1.17 bits per heavy atom. The fraction of sp³-hybridized carbons (Fsp3) is 0.182. The summed E-state index contributed by atoms with van der Waals surface area (Å²) < 4.78 is 16.1. The highest BCUT2D eigenvalue weighted by molar-refractivity contribution is 5.82. The second-order valence-electron chi connectivity index (χ2n) is 7.12. The van der Waals surface area contributed by atoms with E-state index in [2.05, 4.69) is 38.2 Å². The quantitative estimate of drug-likeness (QED) is 0.452. The van der Waals surface area contributed by atoms with Crippen molar-refractivity contribution in [3.63, 3.8) is 0 Å². The van der Waals surface area contributed by atoms with Crippen LogP contribution in [0.1, 0.15) is 31.1 Å². The maximum Gasteiger partial charge on any atom is 0.162 e. The van der Waals surface area contributed by atoms with Gasteiger partial charge in [0.2, 0.25) is 0 Å². The van der Waals surface area contributed by atoms with Gasteiger partial charge in [0.1, 0.15) is 23.3 Å². The summed E-state index contributed by atoms with van der Waals surface area (Å²) in [5.41, 5.74) is 5.76. The highest BCUT2D eigenvalue weighted by Gasteiger charge is 2.22. The summed E-state index contributed by atoms with van der Waals surface area (Å²) in [6, 6.07) is 10.5. The van der Waals surface area contributed by atoms with Crippen molar-refractivity contribution in [3.05, 3.63) is 72.3 Å². The van der Waals surface area contributed by atoms with Gasteiger partial charge in [-0.15, -0.1) is 0 Å². The first-order valence-electron chi connectivity index (χ1n) is 9.82. The zero-order valence-corrected chi connectivity index (χ0v) is 16.6. The van der Waals surface area contributed by atoms with Crippen LogP contribution >= 0.6 is 0 Å². The summed E-state index contributed by atoms with van der Waals surface area (Å²) >= 11 is 0. The van der Waals surface area contributed by atoms with Gasteiger partial charge in [-0.2, -0.15) is 0 Å². The molecule has 150 valence electrons. The van der Waals surface area contributed by atoms with E-state index in [0.717, 1.165) is 34.6 Å². The van der Waals surface area contributed by atoms with E-state index >= 15 is 0 Å². The van der Waals surface area contributed by atoms with Gasteiger partial charge in [0.05, 0.1) is 23.8 Å². The molecule has 0 bridgehead atoms. The molecule has 1 aromatic carbocycles. The molecule has 4 heterocycles. The number of nitrogens with zero attached hydrogens (tertiary/aromatic N) is 5. The molecule has 1 unspecified atom stereocenters. The molecule has 0 radical (unpaired) electrons. The minimum absolute atomic E-state index is 0.206.